The number of hydrogen-bond acceptors (Lipinski definition) is 6. The van der Waals surface area contributed by atoms with Crippen molar-refractivity contribution in [3.63, 3.8) is 0 Å². The average Bonchev–Trinajstić information content (AvgIpc) is 3.12. The highest BCUT2D eigenvalue weighted by Gasteiger charge is 2.37. The van der Waals surface area contributed by atoms with Gasteiger partial charge in [-0.25, -0.2) is 4.79 Å². The number of carbonyl (C=O) groups excluding carboxylic acids is 1. The van der Waals surface area contributed by atoms with Crippen LogP contribution in [0.5, 0.6) is 0 Å². The lowest BCUT2D eigenvalue weighted by atomic mass is 9.84. The largest absolute Gasteiger partial charge is 0.463 e. The molecule has 3 aromatic rings. The number of nitrogens with zero attached hydrogens (tertiary/aromatic N) is 2. The van der Waals surface area contributed by atoms with Crippen molar-refractivity contribution in [2.75, 3.05) is 6.61 Å². The highest BCUT2D eigenvalue weighted by atomic mass is 127. The lowest BCUT2D eigenvalue weighted by Crippen LogP contribution is -2.40. The van der Waals surface area contributed by atoms with Gasteiger partial charge in [-0.1, -0.05) is 36.4 Å². The van der Waals surface area contributed by atoms with Gasteiger partial charge in [0.25, 0.3) is 5.56 Å². The maximum absolute atomic E-state index is 13.4. The zero-order valence-electron chi connectivity index (χ0n) is 17.3. The van der Waals surface area contributed by atoms with E-state index in [1.807, 2.05) is 48.5 Å². The minimum absolute atomic E-state index is 0.00392. The van der Waals surface area contributed by atoms with E-state index in [4.69, 9.17) is 10.5 Å². The van der Waals surface area contributed by atoms with Gasteiger partial charge in [0, 0.05) is 7.14 Å². The van der Waals surface area contributed by atoms with E-state index < -0.39 is 11.9 Å². The Morgan fingerprint density at radius 2 is 1.88 bits per heavy atom. The third-order valence-corrected chi connectivity index (χ3v) is 8.25. The third kappa shape index (κ3) is 4.27. The van der Waals surface area contributed by atoms with Crippen LogP contribution in [0.1, 0.15) is 24.0 Å². The molecule has 2 heterocycles. The molecule has 1 aliphatic rings. The number of carbonyl (C=O) groups is 1. The van der Waals surface area contributed by atoms with Crippen molar-refractivity contribution in [2.24, 2.45) is 5.73 Å². The molecular formula is C24H17I2N3O3S. The van der Waals surface area contributed by atoms with Gasteiger partial charge in [-0.3, -0.25) is 9.36 Å². The Hall–Kier alpha value is -2.43. The van der Waals surface area contributed by atoms with Crippen molar-refractivity contribution in [2.45, 2.75) is 12.8 Å². The number of halogens is 2. The maximum Gasteiger partial charge on any atom is 0.338 e. The van der Waals surface area contributed by atoms with Crippen LogP contribution in [-0.4, -0.2) is 17.1 Å². The maximum atomic E-state index is 13.4. The molecule has 0 bridgehead atoms. The second-order valence-corrected chi connectivity index (χ2v) is 10.4. The van der Waals surface area contributed by atoms with Crippen LogP contribution in [0.4, 0.5) is 0 Å². The first-order valence-electron chi connectivity index (χ1n) is 9.93. The highest BCUT2D eigenvalue weighted by Crippen LogP contribution is 2.38. The summed E-state index contributed by atoms with van der Waals surface area (Å²) in [4.78, 5) is 26.4. The molecule has 1 atom stereocenters. The molecular weight excluding hydrogens is 664 g/mol. The number of nitriles is 1. The van der Waals surface area contributed by atoms with Crippen LogP contribution in [0.25, 0.3) is 17.5 Å². The number of rotatable bonds is 4. The molecule has 9 heteroatoms. The van der Waals surface area contributed by atoms with E-state index in [9.17, 15) is 14.9 Å². The van der Waals surface area contributed by atoms with Crippen LogP contribution >= 0.6 is 56.5 Å². The van der Waals surface area contributed by atoms with E-state index in [-0.39, 0.29) is 23.6 Å². The number of esters is 1. The standard InChI is InChI=1S/C24H17I2N3O3S/c1-2-32-24(31)20-19(14-8-4-6-10-17(14)26)15(12-27)23-29(21(20)28)22(30)18(33-23)11-13-7-3-5-9-16(13)25/h3-11,19H,2,28H2,1H3. The number of benzene rings is 2. The summed E-state index contributed by atoms with van der Waals surface area (Å²) in [5.74, 6) is -1.38. The fraction of sp³-hybridized carbons (Fsp3) is 0.125. The molecule has 2 aromatic carbocycles. The Morgan fingerprint density at radius 1 is 1.21 bits per heavy atom. The predicted molar refractivity (Wildman–Crippen MR) is 146 cm³/mol. The van der Waals surface area contributed by atoms with Crippen molar-refractivity contribution >= 4 is 80.0 Å². The molecule has 0 fully saturated rings. The van der Waals surface area contributed by atoms with Crippen molar-refractivity contribution in [3.8, 4) is 6.07 Å². The van der Waals surface area contributed by atoms with Gasteiger partial charge in [0.1, 0.15) is 10.5 Å². The van der Waals surface area contributed by atoms with Crippen LogP contribution in [0.2, 0.25) is 0 Å². The minimum atomic E-state index is -0.732. The number of hydrogen-bond donors (Lipinski definition) is 1. The average molecular weight is 681 g/mol. The first kappa shape index (κ1) is 23.7. The Bertz CT molecular complexity index is 1530. The van der Waals surface area contributed by atoms with E-state index in [0.29, 0.717) is 14.8 Å². The molecule has 33 heavy (non-hydrogen) atoms. The molecule has 0 saturated heterocycles. The van der Waals surface area contributed by atoms with Gasteiger partial charge in [0.2, 0.25) is 0 Å². The van der Waals surface area contributed by atoms with E-state index in [1.165, 1.54) is 15.9 Å². The summed E-state index contributed by atoms with van der Waals surface area (Å²) in [7, 11) is 0. The lowest BCUT2D eigenvalue weighted by Gasteiger charge is -2.25. The number of thiazole rings is 1. The molecule has 6 nitrogen and oxygen atoms in total. The monoisotopic (exact) mass is 681 g/mol. The normalized spacial score (nSPS) is 15.9. The molecule has 0 amide bonds. The van der Waals surface area contributed by atoms with E-state index >= 15 is 0 Å². The third-order valence-electron chi connectivity index (χ3n) is 5.17. The molecule has 4 rings (SSSR count). The van der Waals surface area contributed by atoms with Crippen molar-refractivity contribution in [3.05, 3.63) is 91.9 Å². The summed E-state index contributed by atoms with van der Waals surface area (Å²) >= 11 is 5.57. The van der Waals surface area contributed by atoms with Gasteiger partial charge in [0.05, 0.1) is 34.3 Å². The summed E-state index contributed by atoms with van der Waals surface area (Å²) in [6.45, 7) is 1.84. The molecule has 1 aromatic heterocycles. The minimum Gasteiger partial charge on any atom is -0.463 e. The van der Waals surface area contributed by atoms with Crippen LogP contribution in [0.15, 0.2) is 58.9 Å². The highest BCUT2D eigenvalue weighted by molar-refractivity contribution is 14.1. The number of ether oxygens (including phenoxy) is 1. The summed E-state index contributed by atoms with van der Waals surface area (Å²) in [6, 6.07) is 17.4. The molecule has 1 unspecified atom stereocenters. The van der Waals surface area contributed by atoms with Crippen molar-refractivity contribution < 1.29 is 9.53 Å². The molecule has 0 radical (unpaired) electrons. The van der Waals surface area contributed by atoms with E-state index in [1.54, 1.807) is 13.0 Å². The molecule has 2 N–H and O–H groups in total. The van der Waals surface area contributed by atoms with E-state index in [0.717, 1.165) is 18.3 Å². The quantitative estimate of drug-likeness (QED) is 0.338. The first-order valence-corrected chi connectivity index (χ1v) is 12.9. The first-order chi connectivity index (χ1) is 15.9. The predicted octanol–water partition coefficient (Wildman–Crippen LogP) is 3.11. The lowest BCUT2D eigenvalue weighted by molar-refractivity contribution is -0.138. The van der Waals surface area contributed by atoms with Crippen molar-refractivity contribution in [1.29, 1.82) is 5.26 Å². The van der Waals surface area contributed by atoms with Gasteiger partial charge in [-0.05, 0) is 81.4 Å². The van der Waals surface area contributed by atoms with Gasteiger partial charge in [-0.15, -0.1) is 11.3 Å². The summed E-state index contributed by atoms with van der Waals surface area (Å²) in [5, 5.41) is 10.2. The fourth-order valence-corrected chi connectivity index (χ4v) is 6.08. The fourth-order valence-electron chi connectivity index (χ4n) is 3.71. The van der Waals surface area contributed by atoms with Gasteiger partial charge in [-0.2, -0.15) is 5.26 Å². The summed E-state index contributed by atoms with van der Waals surface area (Å²) in [5.41, 5.74) is 8.13. The Balaban J connectivity index is 2.11. The topological polar surface area (TPSA) is 98.1 Å². The number of nitrogens with two attached hydrogens (primary N) is 1. The zero-order chi connectivity index (χ0) is 23.7. The van der Waals surface area contributed by atoms with Crippen LogP contribution in [0, 0.1) is 18.5 Å². The Labute approximate surface area is 221 Å². The second-order valence-electron chi connectivity index (χ2n) is 7.08. The molecule has 0 aliphatic carbocycles. The Morgan fingerprint density at radius 3 is 2.52 bits per heavy atom. The number of fused-ring (bicyclic) bond motifs is 1. The molecule has 0 saturated carbocycles. The van der Waals surface area contributed by atoms with Crippen LogP contribution in [-0.2, 0) is 9.53 Å². The van der Waals surface area contributed by atoms with Crippen LogP contribution < -0.4 is 20.5 Å². The smallest absolute Gasteiger partial charge is 0.338 e. The summed E-state index contributed by atoms with van der Waals surface area (Å²) < 4.78 is 9.27. The zero-order valence-corrected chi connectivity index (χ0v) is 22.5. The van der Waals surface area contributed by atoms with Gasteiger partial charge < -0.3 is 10.5 Å². The second kappa shape index (κ2) is 9.82. The van der Waals surface area contributed by atoms with Crippen LogP contribution in [0.3, 0.4) is 0 Å². The molecule has 166 valence electrons. The van der Waals surface area contributed by atoms with E-state index in [2.05, 4.69) is 51.3 Å². The molecule has 1 aliphatic heterocycles. The van der Waals surface area contributed by atoms with Crippen molar-refractivity contribution in [1.82, 2.24) is 4.57 Å². The van der Waals surface area contributed by atoms with Gasteiger partial charge in [0.15, 0.2) is 0 Å². The SMILES string of the molecule is CCOC(=O)C1=C(N)n2c(sc(=Cc3ccccc3I)c2=O)=C(C#N)C1c1ccccc1I. The van der Waals surface area contributed by atoms with Gasteiger partial charge >= 0.3 is 5.97 Å². The number of aromatic nitrogens is 1. The Kier molecular flexibility index (Phi) is 7.06. The molecule has 0 spiro atoms. The summed E-state index contributed by atoms with van der Waals surface area (Å²) in [6.07, 6.45) is 1.79.